The summed E-state index contributed by atoms with van der Waals surface area (Å²) in [5.74, 6) is -2.45. The van der Waals surface area contributed by atoms with Crippen molar-refractivity contribution < 1.29 is 22.4 Å². The Balaban J connectivity index is 2.09. The molecule has 0 radical (unpaired) electrons. The number of amides is 1. The van der Waals surface area contributed by atoms with Gasteiger partial charge in [0.1, 0.15) is 5.82 Å². The van der Waals surface area contributed by atoms with Crippen LogP contribution in [0.15, 0.2) is 12.1 Å². The van der Waals surface area contributed by atoms with Crippen LogP contribution in [-0.4, -0.2) is 30.1 Å². The van der Waals surface area contributed by atoms with E-state index in [1.54, 1.807) is 0 Å². The molecule has 0 bridgehead atoms. The lowest BCUT2D eigenvalue weighted by Gasteiger charge is -2.33. The van der Waals surface area contributed by atoms with Gasteiger partial charge in [0.15, 0.2) is 0 Å². The first-order valence-corrected chi connectivity index (χ1v) is 6.61. The highest BCUT2D eigenvalue weighted by molar-refractivity contribution is 5.95. The van der Waals surface area contributed by atoms with Crippen molar-refractivity contribution in [2.45, 2.75) is 25.9 Å². The molecule has 2 rings (SSSR count). The summed E-state index contributed by atoms with van der Waals surface area (Å²) in [6.07, 6.45) is -4.48. The number of nitrogen functional groups attached to an aromatic ring is 1. The number of likely N-dealkylation sites (tertiary alicyclic amines) is 1. The van der Waals surface area contributed by atoms with Crippen LogP contribution in [0.3, 0.4) is 0 Å². The maximum Gasteiger partial charge on any atom is 0.391 e. The van der Waals surface area contributed by atoms with Crippen molar-refractivity contribution in [3.8, 4) is 0 Å². The van der Waals surface area contributed by atoms with Crippen molar-refractivity contribution in [3.63, 3.8) is 0 Å². The molecule has 1 fully saturated rings. The first-order chi connectivity index (χ1) is 9.70. The van der Waals surface area contributed by atoms with Crippen LogP contribution in [0.25, 0.3) is 0 Å². The van der Waals surface area contributed by atoms with Crippen LogP contribution in [-0.2, 0) is 0 Å². The van der Waals surface area contributed by atoms with Gasteiger partial charge in [-0.1, -0.05) is 0 Å². The van der Waals surface area contributed by atoms with Gasteiger partial charge in [-0.2, -0.15) is 13.2 Å². The van der Waals surface area contributed by atoms with Gasteiger partial charge >= 0.3 is 6.18 Å². The number of carbonyl (C=O) groups is 1. The molecule has 116 valence electrons. The fourth-order valence-electron chi connectivity index (χ4n) is 2.42. The van der Waals surface area contributed by atoms with Crippen molar-refractivity contribution in [1.82, 2.24) is 4.90 Å². The summed E-state index contributed by atoms with van der Waals surface area (Å²) < 4.78 is 51.3. The Morgan fingerprint density at radius 3 is 2.33 bits per heavy atom. The SMILES string of the molecule is Cc1c(N)cc(C(=O)N2CCC(C(F)(F)F)CC2)cc1F. The van der Waals surface area contributed by atoms with Crippen LogP contribution < -0.4 is 5.73 Å². The Labute approximate surface area is 119 Å². The minimum absolute atomic E-state index is 0.0123. The van der Waals surface area contributed by atoms with E-state index in [4.69, 9.17) is 5.73 Å². The van der Waals surface area contributed by atoms with Crippen LogP contribution >= 0.6 is 0 Å². The van der Waals surface area contributed by atoms with E-state index in [0.717, 1.165) is 6.07 Å². The second-order valence-corrected chi connectivity index (χ2v) is 5.28. The first-order valence-electron chi connectivity index (χ1n) is 6.61. The Hall–Kier alpha value is -1.79. The second-order valence-electron chi connectivity index (χ2n) is 5.28. The molecule has 1 aliphatic rings. The zero-order chi connectivity index (χ0) is 15.8. The van der Waals surface area contributed by atoms with E-state index in [0.29, 0.717) is 0 Å². The summed E-state index contributed by atoms with van der Waals surface area (Å²) in [5.41, 5.74) is 6.09. The predicted molar refractivity (Wildman–Crippen MR) is 70.2 cm³/mol. The van der Waals surface area contributed by atoms with Gasteiger partial charge in [-0.15, -0.1) is 0 Å². The van der Waals surface area contributed by atoms with Crippen LogP contribution in [0.2, 0.25) is 0 Å². The number of nitrogens with two attached hydrogens (primary N) is 1. The van der Waals surface area contributed by atoms with Gasteiger partial charge in [-0.25, -0.2) is 4.39 Å². The number of hydrogen-bond acceptors (Lipinski definition) is 2. The molecule has 7 heteroatoms. The Kier molecular flexibility index (Phi) is 4.11. The Morgan fingerprint density at radius 2 is 1.86 bits per heavy atom. The second kappa shape index (κ2) is 5.54. The van der Waals surface area contributed by atoms with Gasteiger partial charge in [0.2, 0.25) is 0 Å². The van der Waals surface area contributed by atoms with Gasteiger partial charge in [0, 0.05) is 29.9 Å². The summed E-state index contributed by atoms with van der Waals surface area (Å²) in [4.78, 5) is 13.5. The number of nitrogens with zero attached hydrogens (tertiary/aromatic N) is 1. The molecule has 0 atom stereocenters. The van der Waals surface area contributed by atoms with Gasteiger partial charge in [-0.3, -0.25) is 4.79 Å². The number of rotatable bonds is 1. The lowest BCUT2D eigenvalue weighted by atomic mass is 9.95. The minimum Gasteiger partial charge on any atom is -0.398 e. The average Bonchev–Trinajstić information content (AvgIpc) is 2.42. The highest BCUT2D eigenvalue weighted by Gasteiger charge is 2.41. The number of anilines is 1. The highest BCUT2D eigenvalue weighted by atomic mass is 19.4. The number of halogens is 4. The van der Waals surface area contributed by atoms with E-state index in [1.807, 2.05) is 0 Å². The minimum atomic E-state index is -4.23. The average molecular weight is 304 g/mol. The molecule has 3 nitrogen and oxygen atoms in total. The van der Waals surface area contributed by atoms with Gasteiger partial charge in [0.25, 0.3) is 5.91 Å². The molecule has 0 aromatic heterocycles. The zero-order valence-corrected chi connectivity index (χ0v) is 11.5. The van der Waals surface area contributed by atoms with E-state index in [2.05, 4.69) is 0 Å². The molecule has 1 aromatic rings. The molecule has 2 N–H and O–H groups in total. The number of piperidine rings is 1. The molecular formula is C14H16F4N2O. The molecular weight excluding hydrogens is 288 g/mol. The van der Waals surface area contributed by atoms with Gasteiger partial charge < -0.3 is 10.6 Å². The fourth-order valence-corrected chi connectivity index (χ4v) is 2.42. The fraction of sp³-hybridized carbons (Fsp3) is 0.500. The Bertz CT molecular complexity index is 525. The molecule has 1 aromatic carbocycles. The third-order valence-corrected chi connectivity index (χ3v) is 3.88. The highest BCUT2D eigenvalue weighted by Crippen LogP contribution is 2.34. The number of alkyl halides is 3. The normalized spacial score (nSPS) is 17.1. The van der Waals surface area contributed by atoms with E-state index in [1.165, 1.54) is 17.9 Å². The van der Waals surface area contributed by atoms with Crippen molar-refractivity contribution in [1.29, 1.82) is 0 Å². The topological polar surface area (TPSA) is 46.3 Å². The summed E-state index contributed by atoms with van der Waals surface area (Å²) in [6.45, 7) is 1.52. The summed E-state index contributed by atoms with van der Waals surface area (Å²) >= 11 is 0. The molecule has 0 spiro atoms. The van der Waals surface area contributed by atoms with Gasteiger partial charge in [-0.05, 0) is 31.9 Å². The van der Waals surface area contributed by atoms with Crippen LogP contribution in [0.1, 0.15) is 28.8 Å². The zero-order valence-electron chi connectivity index (χ0n) is 11.5. The van der Waals surface area contributed by atoms with Crippen LogP contribution in [0.5, 0.6) is 0 Å². The molecule has 1 aliphatic heterocycles. The molecule has 1 amide bonds. The molecule has 1 heterocycles. The first kappa shape index (κ1) is 15.6. The number of hydrogen-bond donors (Lipinski definition) is 1. The summed E-state index contributed by atoms with van der Waals surface area (Å²) in [6, 6.07) is 2.43. The van der Waals surface area contributed by atoms with Gasteiger partial charge in [0.05, 0.1) is 5.92 Å². The Morgan fingerprint density at radius 1 is 1.29 bits per heavy atom. The van der Waals surface area contributed by atoms with E-state index in [-0.39, 0.29) is 42.7 Å². The van der Waals surface area contributed by atoms with Crippen molar-refractivity contribution in [3.05, 3.63) is 29.1 Å². The van der Waals surface area contributed by atoms with Crippen molar-refractivity contribution in [2.75, 3.05) is 18.8 Å². The molecule has 0 unspecified atom stereocenters. The third-order valence-electron chi connectivity index (χ3n) is 3.88. The lowest BCUT2D eigenvalue weighted by Crippen LogP contribution is -2.42. The van der Waals surface area contributed by atoms with E-state index >= 15 is 0 Å². The molecule has 0 saturated carbocycles. The lowest BCUT2D eigenvalue weighted by molar-refractivity contribution is -0.183. The monoisotopic (exact) mass is 304 g/mol. The number of benzene rings is 1. The van der Waals surface area contributed by atoms with E-state index < -0.39 is 23.8 Å². The molecule has 21 heavy (non-hydrogen) atoms. The predicted octanol–water partition coefficient (Wildman–Crippen LogP) is 3.13. The molecule has 0 aliphatic carbocycles. The number of carbonyl (C=O) groups excluding carboxylic acids is 1. The maximum atomic E-state index is 13.6. The standard InChI is InChI=1S/C14H16F4N2O/c1-8-11(15)6-9(7-12(8)19)13(21)20-4-2-10(3-5-20)14(16,17)18/h6-7,10H,2-5,19H2,1H3. The quantitative estimate of drug-likeness (QED) is 0.640. The smallest absolute Gasteiger partial charge is 0.391 e. The van der Waals surface area contributed by atoms with Crippen LogP contribution in [0, 0.1) is 18.7 Å². The summed E-state index contributed by atoms with van der Waals surface area (Å²) in [7, 11) is 0. The van der Waals surface area contributed by atoms with Crippen molar-refractivity contribution >= 4 is 11.6 Å². The summed E-state index contributed by atoms with van der Waals surface area (Å²) in [5, 5.41) is 0. The largest absolute Gasteiger partial charge is 0.398 e. The van der Waals surface area contributed by atoms with Crippen LogP contribution in [0.4, 0.5) is 23.2 Å². The molecule has 1 saturated heterocycles. The third kappa shape index (κ3) is 3.28. The maximum absolute atomic E-state index is 13.6. The van der Waals surface area contributed by atoms with Crippen molar-refractivity contribution in [2.24, 2.45) is 5.92 Å². The van der Waals surface area contributed by atoms with E-state index in [9.17, 15) is 22.4 Å².